The molecule has 0 atom stereocenters. The number of fused-ring (bicyclic) bond motifs is 1. The summed E-state index contributed by atoms with van der Waals surface area (Å²) in [7, 11) is 3.18. The van der Waals surface area contributed by atoms with Crippen LogP contribution in [0, 0.1) is 0 Å². The smallest absolute Gasteiger partial charge is 0.257 e. The number of hydrogen-bond acceptors (Lipinski definition) is 5. The topological polar surface area (TPSA) is 89.1 Å². The lowest BCUT2D eigenvalue weighted by Gasteiger charge is -2.12. The molecule has 0 saturated carbocycles. The van der Waals surface area contributed by atoms with Crippen LogP contribution in [0.2, 0.25) is 0 Å². The SMILES string of the molecule is COc1ccc(-c2cc(C(=O)Nc3cc(C(C)C)[nH]n3)c3ccccc3n2)cc1OC. The number of carbonyl (C=O) groups excluding carboxylic acids is 1. The van der Waals surface area contributed by atoms with E-state index in [0.29, 0.717) is 28.6 Å². The van der Waals surface area contributed by atoms with Crippen molar-refractivity contribution in [1.29, 1.82) is 0 Å². The van der Waals surface area contributed by atoms with Gasteiger partial charge in [-0.3, -0.25) is 9.89 Å². The summed E-state index contributed by atoms with van der Waals surface area (Å²) in [5, 5.41) is 10.8. The van der Waals surface area contributed by atoms with Gasteiger partial charge in [0.1, 0.15) is 0 Å². The van der Waals surface area contributed by atoms with E-state index in [-0.39, 0.29) is 11.8 Å². The van der Waals surface area contributed by atoms with Crippen LogP contribution < -0.4 is 14.8 Å². The van der Waals surface area contributed by atoms with E-state index in [4.69, 9.17) is 14.5 Å². The number of anilines is 1. The number of benzene rings is 2. The Morgan fingerprint density at radius 3 is 2.48 bits per heavy atom. The molecule has 2 aromatic heterocycles. The molecule has 0 aliphatic rings. The lowest BCUT2D eigenvalue weighted by atomic mass is 10.0. The Kier molecular flexibility index (Phi) is 5.58. The molecular formula is C24H24N4O3. The van der Waals surface area contributed by atoms with E-state index in [1.807, 2.05) is 48.5 Å². The second kappa shape index (κ2) is 8.47. The van der Waals surface area contributed by atoms with E-state index >= 15 is 0 Å². The molecule has 158 valence electrons. The Hall–Kier alpha value is -3.87. The average Bonchev–Trinajstić information content (AvgIpc) is 3.26. The van der Waals surface area contributed by atoms with Crippen LogP contribution in [-0.2, 0) is 0 Å². The van der Waals surface area contributed by atoms with Crippen molar-refractivity contribution >= 4 is 22.6 Å². The van der Waals surface area contributed by atoms with Gasteiger partial charge in [-0.2, -0.15) is 5.10 Å². The third-order valence-electron chi connectivity index (χ3n) is 5.10. The molecule has 7 heteroatoms. The van der Waals surface area contributed by atoms with Crippen LogP contribution in [0.3, 0.4) is 0 Å². The molecule has 0 radical (unpaired) electrons. The maximum atomic E-state index is 13.2. The van der Waals surface area contributed by atoms with Crippen molar-refractivity contribution in [2.45, 2.75) is 19.8 Å². The molecule has 2 N–H and O–H groups in total. The van der Waals surface area contributed by atoms with Crippen molar-refractivity contribution in [2.75, 3.05) is 19.5 Å². The number of H-pyrrole nitrogens is 1. The summed E-state index contributed by atoms with van der Waals surface area (Å²) in [5.41, 5.74) is 3.68. The highest BCUT2D eigenvalue weighted by Crippen LogP contribution is 2.33. The molecule has 1 amide bonds. The van der Waals surface area contributed by atoms with E-state index in [1.54, 1.807) is 20.3 Å². The zero-order valence-electron chi connectivity index (χ0n) is 17.9. The molecule has 31 heavy (non-hydrogen) atoms. The Morgan fingerprint density at radius 2 is 1.77 bits per heavy atom. The molecule has 2 aromatic carbocycles. The minimum Gasteiger partial charge on any atom is -0.493 e. The van der Waals surface area contributed by atoms with Crippen LogP contribution in [0.15, 0.2) is 54.6 Å². The predicted octanol–water partition coefficient (Wildman–Crippen LogP) is 5.02. The standard InChI is InChI=1S/C24H24N4O3/c1-14(2)19-13-23(28-27-19)26-24(29)17-12-20(25-18-8-6-5-7-16(17)18)15-9-10-21(30-3)22(11-15)31-4/h5-14H,1-4H3,(H2,26,27,28,29). The molecule has 4 rings (SSSR count). The molecule has 7 nitrogen and oxygen atoms in total. The fourth-order valence-electron chi connectivity index (χ4n) is 3.39. The van der Waals surface area contributed by atoms with E-state index in [0.717, 1.165) is 22.2 Å². The van der Waals surface area contributed by atoms with Crippen molar-refractivity contribution < 1.29 is 14.3 Å². The highest BCUT2D eigenvalue weighted by atomic mass is 16.5. The summed E-state index contributed by atoms with van der Waals surface area (Å²) in [6, 6.07) is 16.8. The zero-order chi connectivity index (χ0) is 22.0. The fourth-order valence-corrected chi connectivity index (χ4v) is 3.39. The Morgan fingerprint density at radius 1 is 1.00 bits per heavy atom. The third-order valence-corrected chi connectivity index (χ3v) is 5.10. The Bertz CT molecular complexity index is 1250. The third kappa shape index (κ3) is 4.07. The summed E-state index contributed by atoms with van der Waals surface area (Å²) in [4.78, 5) is 17.9. The second-order valence-electron chi connectivity index (χ2n) is 7.46. The number of rotatable bonds is 6. The number of amides is 1. The second-order valence-corrected chi connectivity index (χ2v) is 7.46. The molecule has 0 aliphatic heterocycles. The van der Waals surface area contributed by atoms with Crippen LogP contribution >= 0.6 is 0 Å². The van der Waals surface area contributed by atoms with Crippen LogP contribution in [0.5, 0.6) is 11.5 Å². The van der Waals surface area contributed by atoms with Crippen LogP contribution in [0.1, 0.15) is 35.8 Å². The number of carbonyl (C=O) groups is 1. The van der Waals surface area contributed by atoms with Gasteiger partial charge in [-0.05, 0) is 36.2 Å². The summed E-state index contributed by atoms with van der Waals surface area (Å²) in [6.07, 6.45) is 0. The molecular weight excluding hydrogens is 392 g/mol. The predicted molar refractivity (Wildman–Crippen MR) is 121 cm³/mol. The molecule has 0 unspecified atom stereocenters. The summed E-state index contributed by atoms with van der Waals surface area (Å²) >= 11 is 0. The molecule has 4 aromatic rings. The zero-order valence-corrected chi connectivity index (χ0v) is 17.9. The van der Waals surface area contributed by atoms with Gasteiger partial charge in [-0.25, -0.2) is 4.98 Å². The lowest BCUT2D eigenvalue weighted by Crippen LogP contribution is -2.13. The van der Waals surface area contributed by atoms with Crippen molar-refractivity contribution in [1.82, 2.24) is 15.2 Å². The van der Waals surface area contributed by atoms with Crippen molar-refractivity contribution in [3.05, 3.63) is 65.9 Å². The number of para-hydroxylation sites is 1. The first kappa shape index (κ1) is 20.4. The minimum atomic E-state index is -0.248. The van der Waals surface area contributed by atoms with Gasteiger partial charge in [0.05, 0.1) is 31.0 Å². The quantitative estimate of drug-likeness (QED) is 0.461. The van der Waals surface area contributed by atoms with Crippen molar-refractivity contribution in [3.8, 4) is 22.8 Å². The van der Waals surface area contributed by atoms with Gasteiger partial charge in [0.25, 0.3) is 5.91 Å². The van der Waals surface area contributed by atoms with E-state index in [1.165, 1.54) is 0 Å². The van der Waals surface area contributed by atoms with E-state index in [2.05, 4.69) is 29.4 Å². The average molecular weight is 416 g/mol. The summed E-state index contributed by atoms with van der Waals surface area (Å²) < 4.78 is 10.7. The molecule has 0 bridgehead atoms. The monoisotopic (exact) mass is 416 g/mol. The Labute approximate surface area is 180 Å². The number of hydrogen-bond donors (Lipinski definition) is 2. The first-order valence-electron chi connectivity index (χ1n) is 9.99. The molecule has 0 fully saturated rings. The van der Waals surface area contributed by atoms with Gasteiger partial charge in [-0.1, -0.05) is 32.0 Å². The number of nitrogens with one attached hydrogen (secondary N) is 2. The highest BCUT2D eigenvalue weighted by molar-refractivity contribution is 6.12. The van der Waals surface area contributed by atoms with Crippen molar-refractivity contribution in [2.24, 2.45) is 0 Å². The summed E-state index contributed by atoms with van der Waals surface area (Å²) in [5.74, 6) is 1.75. The van der Waals surface area contributed by atoms with Crippen LogP contribution in [-0.4, -0.2) is 35.3 Å². The molecule has 2 heterocycles. The minimum absolute atomic E-state index is 0.248. The lowest BCUT2D eigenvalue weighted by molar-refractivity contribution is 0.102. The molecule has 0 aliphatic carbocycles. The fraction of sp³-hybridized carbons (Fsp3) is 0.208. The van der Waals surface area contributed by atoms with Gasteiger partial charge >= 0.3 is 0 Å². The first-order valence-corrected chi connectivity index (χ1v) is 9.99. The molecule has 0 spiro atoms. The first-order chi connectivity index (χ1) is 15.0. The number of aromatic nitrogens is 3. The largest absolute Gasteiger partial charge is 0.493 e. The molecule has 0 saturated heterocycles. The van der Waals surface area contributed by atoms with Gasteiger partial charge < -0.3 is 14.8 Å². The van der Waals surface area contributed by atoms with E-state index < -0.39 is 0 Å². The Balaban J connectivity index is 1.77. The van der Waals surface area contributed by atoms with E-state index in [9.17, 15) is 4.79 Å². The number of aromatic amines is 1. The van der Waals surface area contributed by atoms with Crippen LogP contribution in [0.4, 0.5) is 5.82 Å². The highest BCUT2D eigenvalue weighted by Gasteiger charge is 2.17. The van der Waals surface area contributed by atoms with Gasteiger partial charge in [0.15, 0.2) is 17.3 Å². The van der Waals surface area contributed by atoms with Crippen molar-refractivity contribution in [3.63, 3.8) is 0 Å². The number of ether oxygens (including phenoxy) is 2. The number of nitrogens with zero attached hydrogens (tertiary/aromatic N) is 2. The summed E-state index contributed by atoms with van der Waals surface area (Å²) in [6.45, 7) is 4.12. The van der Waals surface area contributed by atoms with Gasteiger partial charge in [0, 0.05) is 22.7 Å². The number of methoxy groups -OCH3 is 2. The van der Waals surface area contributed by atoms with Crippen LogP contribution in [0.25, 0.3) is 22.2 Å². The normalized spacial score (nSPS) is 11.0. The van der Waals surface area contributed by atoms with Gasteiger partial charge in [-0.15, -0.1) is 0 Å². The maximum absolute atomic E-state index is 13.2. The maximum Gasteiger partial charge on any atom is 0.257 e. The van der Waals surface area contributed by atoms with Gasteiger partial charge in [0.2, 0.25) is 0 Å². The number of pyridine rings is 1.